The fourth-order valence-corrected chi connectivity index (χ4v) is 2.47. The van der Waals surface area contributed by atoms with E-state index in [1.54, 1.807) is 11.3 Å². The van der Waals surface area contributed by atoms with Crippen LogP contribution in [0, 0.1) is 5.41 Å². The van der Waals surface area contributed by atoms with E-state index in [2.05, 4.69) is 36.3 Å². The summed E-state index contributed by atoms with van der Waals surface area (Å²) in [4.78, 5) is 15.7. The van der Waals surface area contributed by atoms with Gasteiger partial charge in [0.05, 0.1) is 0 Å². The van der Waals surface area contributed by atoms with Crippen LogP contribution in [0.5, 0.6) is 0 Å². The summed E-state index contributed by atoms with van der Waals surface area (Å²) >= 11 is 1.78. The lowest BCUT2D eigenvalue weighted by molar-refractivity contribution is -0.126. The highest BCUT2D eigenvalue weighted by molar-refractivity contribution is 7.09. The van der Waals surface area contributed by atoms with Crippen LogP contribution in [0.2, 0.25) is 0 Å². The van der Waals surface area contributed by atoms with Crippen LogP contribution in [-0.4, -0.2) is 23.3 Å². The first-order valence-electron chi connectivity index (χ1n) is 6.60. The molecule has 102 valence electrons. The standard InChI is InChI=1S/C15H25NOS/c1-12(2)16(11-13-7-6-10-18-13)9-8-14(17)15(3,4)5/h6-7,10,12H,8-9,11H2,1-5H3. The van der Waals surface area contributed by atoms with Crippen molar-refractivity contribution in [2.45, 2.75) is 53.6 Å². The molecule has 1 rings (SSSR count). The molecule has 0 bridgehead atoms. The van der Waals surface area contributed by atoms with Crippen LogP contribution >= 0.6 is 11.3 Å². The maximum Gasteiger partial charge on any atom is 0.139 e. The highest BCUT2D eigenvalue weighted by Gasteiger charge is 2.22. The normalized spacial score (nSPS) is 12.4. The molecule has 0 saturated heterocycles. The second kappa shape index (κ2) is 6.48. The van der Waals surface area contributed by atoms with Gasteiger partial charge in [0.1, 0.15) is 5.78 Å². The number of Topliss-reactive ketones (excluding diaryl/α,β-unsaturated/α-hetero) is 1. The smallest absolute Gasteiger partial charge is 0.139 e. The van der Waals surface area contributed by atoms with Crippen molar-refractivity contribution in [3.05, 3.63) is 22.4 Å². The molecule has 0 fully saturated rings. The van der Waals surface area contributed by atoms with E-state index in [-0.39, 0.29) is 5.41 Å². The first-order chi connectivity index (χ1) is 8.30. The molecule has 18 heavy (non-hydrogen) atoms. The van der Waals surface area contributed by atoms with Gasteiger partial charge in [-0.05, 0) is 25.3 Å². The molecule has 1 heterocycles. The van der Waals surface area contributed by atoms with Crippen LogP contribution in [-0.2, 0) is 11.3 Å². The van der Waals surface area contributed by atoms with Crippen LogP contribution in [0.1, 0.15) is 45.9 Å². The van der Waals surface area contributed by atoms with Crippen molar-refractivity contribution in [1.29, 1.82) is 0 Å². The number of rotatable bonds is 6. The number of hydrogen-bond donors (Lipinski definition) is 0. The van der Waals surface area contributed by atoms with Gasteiger partial charge in [-0.25, -0.2) is 0 Å². The van der Waals surface area contributed by atoms with E-state index in [1.807, 2.05) is 20.8 Å². The van der Waals surface area contributed by atoms with E-state index in [4.69, 9.17) is 0 Å². The van der Waals surface area contributed by atoms with Gasteiger partial charge in [-0.2, -0.15) is 0 Å². The molecular formula is C15H25NOS. The number of thiophene rings is 1. The Morgan fingerprint density at radius 2 is 2.06 bits per heavy atom. The number of nitrogens with zero attached hydrogens (tertiary/aromatic N) is 1. The number of carbonyl (C=O) groups excluding carboxylic acids is 1. The monoisotopic (exact) mass is 267 g/mol. The van der Waals surface area contributed by atoms with E-state index < -0.39 is 0 Å². The molecule has 3 heteroatoms. The molecule has 0 aliphatic heterocycles. The lowest BCUT2D eigenvalue weighted by Crippen LogP contribution is -2.34. The van der Waals surface area contributed by atoms with Crippen LogP contribution in [0.4, 0.5) is 0 Å². The Morgan fingerprint density at radius 3 is 2.50 bits per heavy atom. The molecule has 0 unspecified atom stereocenters. The second-order valence-corrected chi connectivity index (χ2v) is 7.10. The molecule has 1 aromatic heterocycles. The molecular weight excluding hydrogens is 242 g/mol. The fraction of sp³-hybridized carbons (Fsp3) is 0.667. The zero-order valence-corrected chi connectivity index (χ0v) is 13.0. The molecule has 0 radical (unpaired) electrons. The Kier molecular flexibility index (Phi) is 5.54. The Bertz CT molecular complexity index is 362. The maximum atomic E-state index is 12.0. The third-order valence-electron chi connectivity index (χ3n) is 3.13. The molecule has 0 saturated carbocycles. The molecule has 0 aliphatic rings. The van der Waals surface area contributed by atoms with E-state index in [9.17, 15) is 4.79 Å². The van der Waals surface area contributed by atoms with Crippen molar-refractivity contribution in [2.24, 2.45) is 5.41 Å². The number of ketones is 1. The average Bonchev–Trinajstić information content (AvgIpc) is 2.74. The topological polar surface area (TPSA) is 20.3 Å². The summed E-state index contributed by atoms with van der Waals surface area (Å²) in [6, 6.07) is 4.71. The van der Waals surface area contributed by atoms with Gasteiger partial charge in [0.2, 0.25) is 0 Å². The van der Waals surface area contributed by atoms with Crippen LogP contribution in [0.3, 0.4) is 0 Å². The van der Waals surface area contributed by atoms with Crippen LogP contribution in [0.15, 0.2) is 17.5 Å². The highest BCUT2D eigenvalue weighted by Crippen LogP contribution is 2.19. The molecule has 1 aromatic rings. The number of carbonyl (C=O) groups is 1. The molecule has 2 nitrogen and oxygen atoms in total. The highest BCUT2D eigenvalue weighted by atomic mass is 32.1. The summed E-state index contributed by atoms with van der Waals surface area (Å²) in [5, 5.41) is 2.11. The van der Waals surface area contributed by atoms with E-state index in [1.165, 1.54) is 4.88 Å². The van der Waals surface area contributed by atoms with Crippen molar-refractivity contribution in [1.82, 2.24) is 4.90 Å². The zero-order chi connectivity index (χ0) is 13.8. The summed E-state index contributed by atoms with van der Waals surface area (Å²) in [5.41, 5.74) is -0.217. The van der Waals surface area contributed by atoms with Gasteiger partial charge in [0.15, 0.2) is 0 Å². The summed E-state index contributed by atoms with van der Waals surface area (Å²) in [6.07, 6.45) is 0.646. The molecule has 0 N–H and O–H groups in total. The Labute approximate surface area is 115 Å². The van der Waals surface area contributed by atoms with Gasteiger partial charge in [0, 0.05) is 35.8 Å². The SMILES string of the molecule is CC(C)N(CCC(=O)C(C)(C)C)Cc1cccs1. The van der Waals surface area contributed by atoms with E-state index in [0.717, 1.165) is 13.1 Å². The summed E-state index contributed by atoms with van der Waals surface area (Å²) < 4.78 is 0. The summed E-state index contributed by atoms with van der Waals surface area (Å²) in [7, 11) is 0. The molecule has 0 aliphatic carbocycles. The molecule has 0 atom stereocenters. The second-order valence-electron chi connectivity index (χ2n) is 6.07. The number of hydrogen-bond acceptors (Lipinski definition) is 3. The van der Waals surface area contributed by atoms with Crippen molar-refractivity contribution in [3.63, 3.8) is 0 Å². The fourth-order valence-electron chi connectivity index (χ4n) is 1.74. The quantitative estimate of drug-likeness (QED) is 0.777. The third kappa shape index (κ3) is 4.91. The predicted molar refractivity (Wildman–Crippen MR) is 78.9 cm³/mol. The predicted octanol–water partition coefficient (Wildman–Crippen LogP) is 3.96. The van der Waals surface area contributed by atoms with Gasteiger partial charge in [0.25, 0.3) is 0 Å². The van der Waals surface area contributed by atoms with Crippen LogP contribution < -0.4 is 0 Å². The zero-order valence-electron chi connectivity index (χ0n) is 12.2. The van der Waals surface area contributed by atoms with E-state index in [0.29, 0.717) is 18.2 Å². The maximum absolute atomic E-state index is 12.0. The van der Waals surface area contributed by atoms with E-state index >= 15 is 0 Å². The third-order valence-corrected chi connectivity index (χ3v) is 3.99. The lowest BCUT2D eigenvalue weighted by Gasteiger charge is -2.27. The molecule has 0 aromatic carbocycles. The van der Waals surface area contributed by atoms with Gasteiger partial charge in [-0.3, -0.25) is 9.69 Å². The van der Waals surface area contributed by atoms with Crippen molar-refractivity contribution in [2.75, 3.05) is 6.54 Å². The largest absolute Gasteiger partial charge is 0.299 e. The lowest BCUT2D eigenvalue weighted by atomic mass is 9.89. The van der Waals surface area contributed by atoms with Gasteiger partial charge in [-0.1, -0.05) is 26.8 Å². The Morgan fingerprint density at radius 1 is 1.39 bits per heavy atom. The van der Waals surface area contributed by atoms with Gasteiger partial charge >= 0.3 is 0 Å². The average molecular weight is 267 g/mol. The van der Waals surface area contributed by atoms with Crippen molar-refractivity contribution in [3.8, 4) is 0 Å². The first-order valence-corrected chi connectivity index (χ1v) is 7.48. The summed E-state index contributed by atoms with van der Waals surface area (Å²) in [5.74, 6) is 0.347. The van der Waals surface area contributed by atoms with Crippen molar-refractivity contribution >= 4 is 17.1 Å². The minimum atomic E-state index is -0.217. The van der Waals surface area contributed by atoms with Crippen molar-refractivity contribution < 1.29 is 4.79 Å². The Balaban J connectivity index is 2.51. The first kappa shape index (κ1) is 15.4. The van der Waals surface area contributed by atoms with Crippen LogP contribution in [0.25, 0.3) is 0 Å². The minimum Gasteiger partial charge on any atom is -0.299 e. The molecule has 0 spiro atoms. The van der Waals surface area contributed by atoms with Gasteiger partial charge in [-0.15, -0.1) is 11.3 Å². The Hall–Kier alpha value is -0.670. The molecule has 0 amide bonds. The van der Waals surface area contributed by atoms with Gasteiger partial charge < -0.3 is 0 Å². The minimum absolute atomic E-state index is 0.217. The summed E-state index contributed by atoms with van der Waals surface area (Å²) in [6.45, 7) is 12.2.